The van der Waals surface area contributed by atoms with Crippen LogP contribution in [0.3, 0.4) is 0 Å². The fourth-order valence-corrected chi connectivity index (χ4v) is 3.62. The molecular weight excluding hydrogens is 366 g/mol. The summed E-state index contributed by atoms with van der Waals surface area (Å²) >= 11 is 0. The van der Waals surface area contributed by atoms with Crippen LogP contribution in [0.4, 0.5) is 16.2 Å². The van der Waals surface area contributed by atoms with Crippen LogP contribution in [0.15, 0.2) is 52.9 Å². The van der Waals surface area contributed by atoms with Gasteiger partial charge in [0.15, 0.2) is 0 Å². The van der Waals surface area contributed by atoms with Gasteiger partial charge in [0.2, 0.25) is 11.8 Å². The van der Waals surface area contributed by atoms with Gasteiger partial charge < -0.3 is 15.1 Å². The summed E-state index contributed by atoms with van der Waals surface area (Å²) in [5.74, 6) is 1.32. The monoisotopic (exact) mass is 391 g/mol. The number of fused-ring (bicyclic) bond motifs is 1. The minimum atomic E-state index is -0.238. The van der Waals surface area contributed by atoms with Crippen LogP contribution in [0.2, 0.25) is 0 Å². The van der Waals surface area contributed by atoms with Gasteiger partial charge in [0, 0.05) is 30.9 Å². The van der Waals surface area contributed by atoms with Crippen molar-refractivity contribution in [3.8, 4) is 0 Å². The Kier molecular flexibility index (Phi) is 5.57. The van der Waals surface area contributed by atoms with E-state index < -0.39 is 0 Å². The summed E-state index contributed by atoms with van der Waals surface area (Å²) in [6.45, 7) is 5.72. The summed E-state index contributed by atoms with van der Waals surface area (Å²) in [5.41, 5.74) is 4.00. The number of nitrogens with zero attached hydrogens (tertiary/aromatic N) is 3. The maximum absolute atomic E-state index is 12.4. The Morgan fingerprint density at radius 1 is 1.14 bits per heavy atom. The summed E-state index contributed by atoms with van der Waals surface area (Å²) in [7, 11) is 0. The van der Waals surface area contributed by atoms with E-state index in [9.17, 15) is 4.79 Å². The van der Waals surface area contributed by atoms with E-state index in [1.54, 1.807) is 0 Å². The van der Waals surface area contributed by atoms with E-state index in [1.165, 1.54) is 11.1 Å². The minimum absolute atomic E-state index is 0.0499. The van der Waals surface area contributed by atoms with Gasteiger partial charge in [0.05, 0.1) is 6.04 Å². The Morgan fingerprint density at radius 2 is 1.97 bits per heavy atom. The lowest BCUT2D eigenvalue weighted by molar-refractivity contribution is 0.165. The van der Waals surface area contributed by atoms with Crippen molar-refractivity contribution in [2.45, 2.75) is 39.3 Å². The van der Waals surface area contributed by atoms with Crippen LogP contribution < -0.4 is 10.6 Å². The van der Waals surface area contributed by atoms with E-state index >= 15 is 0 Å². The molecule has 2 heterocycles. The number of benzene rings is 2. The lowest BCUT2D eigenvalue weighted by atomic mass is 9.96. The average molecular weight is 391 g/mol. The number of rotatable bonds is 5. The van der Waals surface area contributed by atoms with Gasteiger partial charge >= 0.3 is 6.03 Å². The fourth-order valence-electron chi connectivity index (χ4n) is 3.62. The number of urea groups is 1. The molecule has 1 unspecified atom stereocenters. The Bertz CT molecular complexity index is 986. The number of aromatic nitrogens is 2. The third-order valence-corrected chi connectivity index (χ3v) is 5.27. The molecular formula is C22H25N5O2. The van der Waals surface area contributed by atoms with Crippen molar-refractivity contribution in [2.75, 3.05) is 17.2 Å². The minimum Gasteiger partial charge on any atom is -0.424 e. The number of hydrogen-bond acceptors (Lipinski definition) is 5. The molecule has 3 aromatic rings. The maximum atomic E-state index is 12.4. The highest BCUT2D eigenvalue weighted by Gasteiger charge is 2.26. The molecule has 7 nitrogen and oxygen atoms in total. The molecule has 29 heavy (non-hydrogen) atoms. The lowest BCUT2D eigenvalue weighted by Gasteiger charge is -2.33. The van der Waals surface area contributed by atoms with Crippen molar-refractivity contribution in [1.82, 2.24) is 15.1 Å². The molecule has 0 saturated carbocycles. The van der Waals surface area contributed by atoms with E-state index in [1.807, 2.05) is 49.4 Å². The number of aryl methyl sites for hydroxylation is 1. The molecule has 0 fully saturated rings. The van der Waals surface area contributed by atoms with Crippen LogP contribution in [0.1, 0.15) is 42.8 Å². The zero-order valence-electron chi connectivity index (χ0n) is 16.7. The lowest BCUT2D eigenvalue weighted by Crippen LogP contribution is -2.33. The zero-order chi connectivity index (χ0) is 20.2. The molecule has 150 valence electrons. The highest BCUT2D eigenvalue weighted by Crippen LogP contribution is 2.31. The van der Waals surface area contributed by atoms with E-state index in [4.69, 9.17) is 4.42 Å². The fraction of sp³-hybridized carbons (Fsp3) is 0.318. The molecule has 1 atom stereocenters. The maximum Gasteiger partial charge on any atom is 0.323 e. The van der Waals surface area contributed by atoms with Crippen molar-refractivity contribution in [2.24, 2.45) is 0 Å². The number of amides is 2. The molecule has 2 aromatic carbocycles. The molecule has 0 radical (unpaired) electrons. The van der Waals surface area contributed by atoms with Gasteiger partial charge in [0.1, 0.15) is 0 Å². The van der Waals surface area contributed by atoms with Crippen molar-refractivity contribution < 1.29 is 9.21 Å². The van der Waals surface area contributed by atoms with Crippen LogP contribution in [0, 0.1) is 0 Å². The molecule has 1 aromatic heterocycles. The SMILES string of the molecule is CCc1nnc(C(C)N2CCc3c(cccc3NC(=O)Nc3ccccc3)C2)o1. The summed E-state index contributed by atoms with van der Waals surface area (Å²) < 4.78 is 5.74. The first-order chi connectivity index (χ1) is 14.1. The highest BCUT2D eigenvalue weighted by molar-refractivity contribution is 6.00. The molecule has 4 rings (SSSR count). The summed E-state index contributed by atoms with van der Waals surface area (Å²) in [5, 5.41) is 14.1. The highest BCUT2D eigenvalue weighted by atomic mass is 16.4. The molecule has 0 saturated heterocycles. The number of anilines is 2. The molecule has 0 aliphatic carbocycles. The van der Waals surface area contributed by atoms with Gasteiger partial charge in [-0.15, -0.1) is 10.2 Å². The van der Waals surface area contributed by atoms with Gasteiger partial charge in [-0.05, 0) is 42.7 Å². The predicted molar refractivity (Wildman–Crippen MR) is 112 cm³/mol. The molecule has 1 aliphatic heterocycles. The predicted octanol–water partition coefficient (Wildman–Crippen LogP) is 4.40. The average Bonchev–Trinajstić information content (AvgIpc) is 3.23. The number of para-hydroxylation sites is 1. The van der Waals surface area contributed by atoms with Gasteiger partial charge in [-0.3, -0.25) is 4.90 Å². The zero-order valence-corrected chi connectivity index (χ0v) is 16.7. The number of carbonyl (C=O) groups is 1. The Hall–Kier alpha value is -3.19. The van der Waals surface area contributed by atoms with Crippen molar-refractivity contribution in [1.29, 1.82) is 0 Å². The van der Waals surface area contributed by atoms with E-state index in [0.29, 0.717) is 11.8 Å². The second-order valence-corrected chi connectivity index (χ2v) is 7.17. The second kappa shape index (κ2) is 8.45. The Labute approximate surface area is 170 Å². The molecule has 1 aliphatic rings. The van der Waals surface area contributed by atoms with Crippen LogP contribution in [-0.2, 0) is 19.4 Å². The smallest absolute Gasteiger partial charge is 0.323 e. The van der Waals surface area contributed by atoms with Gasteiger partial charge in [0.25, 0.3) is 0 Å². The molecule has 2 amide bonds. The number of hydrogen-bond donors (Lipinski definition) is 2. The van der Waals surface area contributed by atoms with E-state index in [2.05, 4.69) is 38.7 Å². The quantitative estimate of drug-likeness (QED) is 0.674. The van der Waals surface area contributed by atoms with E-state index in [-0.39, 0.29) is 12.1 Å². The standard InChI is InChI=1S/C22H25N5O2/c1-3-20-25-26-21(29-20)15(2)27-13-12-18-16(14-27)8-7-11-19(18)24-22(28)23-17-9-5-4-6-10-17/h4-11,15H,3,12-14H2,1-2H3,(H2,23,24,28). The molecule has 0 bridgehead atoms. The summed E-state index contributed by atoms with van der Waals surface area (Å²) in [4.78, 5) is 14.7. The first-order valence-electron chi connectivity index (χ1n) is 9.94. The Morgan fingerprint density at radius 3 is 2.72 bits per heavy atom. The topological polar surface area (TPSA) is 83.3 Å². The third kappa shape index (κ3) is 4.30. The van der Waals surface area contributed by atoms with Crippen molar-refractivity contribution >= 4 is 17.4 Å². The first-order valence-corrected chi connectivity index (χ1v) is 9.94. The molecule has 7 heteroatoms. The molecule has 2 N–H and O–H groups in total. The van der Waals surface area contributed by atoms with Crippen molar-refractivity contribution in [3.63, 3.8) is 0 Å². The van der Waals surface area contributed by atoms with Crippen LogP contribution >= 0.6 is 0 Å². The summed E-state index contributed by atoms with van der Waals surface area (Å²) in [6, 6.07) is 15.3. The Balaban J connectivity index is 1.45. The molecule has 0 spiro atoms. The third-order valence-electron chi connectivity index (χ3n) is 5.27. The largest absolute Gasteiger partial charge is 0.424 e. The van der Waals surface area contributed by atoms with Gasteiger partial charge in [-0.25, -0.2) is 4.79 Å². The number of carbonyl (C=O) groups excluding carboxylic acids is 1. The summed E-state index contributed by atoms with van der Waals surface area (Å²) in [6.07, 6.45) is 1.58. The number of nitrogens with one attached hydrogen (secondary N) is 2. The second-order valence-electron chi connectivity index (χ2n) is 7.17. The first kappa shape index (κ1) is 19.1. The normalized spacial score (nSPS) is 14.8. The van der Waals surface area contributed by atoms with Crippen LogP contribution in [-0.4, -0.2) is 27.7 Å². The van der Waals surface area contributed by atoms with Crippen molar-refractivity contribution in [3.05, 3.63) is 71.4 Å². The van der Waals surface area contributed by atoms with Crippen LogP contribution in [0.25, 0.3) is 0 Å². The van der Waals surface area contributed by atoms with Gasteiger partial charge in [-0.1, -0.05) is 37.3 Å². The van der Waals surface area contributed by atoms with Gasteiger partial charge in [-0.2, -0.15) is 0 Å². The van der Waals surface area contributed by atoms with E-state index in [0.717, 1.165) is 37.3 Å². The van der Waals surface area contributed by atoms with Crippen LogP contribution in [0.5, 0.6) is 0 Å².